The van der Waals surface area contributed by atoms with E-state index in [4.69, 9.17) is 4.74 Å². The number of ether oxygens (including phenoxy) is 1. The minimum Gasteiger partial charge on any atom is -0.497 e. The molecule has 1 nitrogen and oxygen atoms in total. The standard InChI is InChI=1S/C17H18O/c1-13(15-7-5-4-6-8-15)14(2)16-9-11-17(18-3)12-10-16/h4-13H,2H2,1,3H3. The maximum absolute atomic E-state index is 5.16. The minimum absolute atomic E-state index is 0.319. The molecule has 0 N–H and O–H groups in total. The Morgan fingerprint density at radius 1 is 1.00 bits per heavy atom. The molecule has 2 rings (SSSR count). The molecule has 0 aliphatic heterocycles. The van der Waals surface area contributed by atoms with Crippen molar-refractivity contribution in [2.45, 2.75) is 12.8 Å². The molecule has 1 unspecified atom stereocenters. The summed E-state index contributed by atoms with van der Waals surface area (Å²) in [5.74, 6) is 1.19. The maximum Gasteiger partial charge on any atom is 0.118 e. The molecule has 0 aliphatic carbocycles. The van der Waals surface area contributed by atoms with Crippen LogP contribution in [0.5, 0.6) is 5.75 Å². The van der Waals surface area contributed by atoms with Crippen LogP contribution in [0.2, 0.25) is 0 Å². The first-order valence-electron chi connectivity index (χ1n) is 6.10. The molecule has 1 heteroatoms. The number of methoxy groups -OCH3 is 1. The van der Waals surface area contributed by atoms with Crippen LogP contribution in [0.1, 0.15) is 24.0 Å². The van der Waals surface area contributed by atoms with Gasteiger partial charge in [-0.05, 0) is 28.8 Å². The molecule has 92 valence electrons. The Hall–Kier alpha value is -2.02. The van der Waals surface area contributed by atoms with Gasteiger partial charge in [0.15, 0.2) is 0 Å². The lowest BCUT2D eigenvalue weighted by molar-refractivity contribution is 0.415. The van der Waals surface area contributed by atoms with Crippen LogP contribution in [0.3, 0.4) is 0 Å². The fraction of sp³-hybridized carbons (Fsp3) is 0.176. The second-order valence-corrected chi connectivity index (χ2v) is 4.39. The second-order valence-electron chi connectivity index (χ2n) is 4.39. The summed E-state index contributed by atoms with van der Waals surface area (Å²) in [4.78, 5) is 0. The quantitative estimate of drug-likeness (QED) is 0.761. The van der Waals surface area contributed by atoms with Crippen LogP contribution in [0.25, 0.3) is 5.57 Å². The monoisotopic (exact) mass is 238 g/mol. The molecule has 0 aromatic heterocycles. The van der Waals surface area contributed by atoms with Gasteiger partial charge in [0.2, 0.25) is 0 Å². The topological polar surface area (TPSA) is 9.23 Å². The average Bonchev–Trinajstić information content (AvgIpc) is 2.47. The highest BCUT2D eigenvalue weighted by molar-refractivity contribution is 5.69. The first kappa shape index (κ1) is 12.4. The van der Waals surface area contributed by atoms with Crippen molar-refractivity contribution in [3.63, 3.8) is 0 Å². The molecule has 0 aliphatic rings. The van der Waals surface area contributed by atoms with Crippen molar-refractivity contribution in [1.82, 2.24) is 0 Å². The highest BCUT2D eigenvalue weighted by Gasteiger charge is 2.10. The summed E-state index contributed by atoms with van der Waals surface area (Å²) in [5.41, 5.74) is 3.58. The van der Waals surface area contributed by atoms with Gasteiger partial charge >= 0.3 is 0 Å². The summed E-state index contributed by atoms with van der Waals surface area (Å²) >= 11 is 0. The van der Waals surface area contributed by atoms with E-state index in [1.54, 1.807) is 7.11 Å². The van der Waals surface area contributed by atoms with Crippen LogP contribution in [0, 0.1) is 0 Å². The van der Waals surface area contributed by atoms with Gasteiger partial charge in [-0.3, -0.25) is 0 Å². The fourth-order valence-corrected chi connectivity index (χ4v) is 2.00. The van der Waals surface area contributed by atoms with Gasteiger partial charge in [-0.15, -0.1) is 0 Å². The SMILES string of the molecule is C=C(c1ccc(OC)cc1)C(C)c1ccccc1. The van der Waals surface area contributed by atoms with E-state index in [1.807, 2.05) is 18.2 Å². The zero-order chi connectivity index (χ0) is 13.0. The fourth-order valence-electron chi connectivity index (χ4n) is 2.00. The molecule has 0 saturated heterocycles. The van der Waals surface area contributed by atoms with Crippen LogP contribution in [0.15, 0.2) is 61.2 Å². The number of allylic oxidation sites excluding steroid dienone is 1. The Labute approximate surface area is 109 Å². The third kappa shape index (κ3) is 2.62. The highest BCUT2D eigenvalue weighted by Crippen LogP contribution is 2.30. The number of hydrogen-bond donors (Lipinski definition) is 0. The smallest absolute Gasteiger partial charge is 0.118 e. The van der Waals surface area contributed by atoms with Crippen molar-refractivity contribution in [1.29, 1.82) is 0 Å². The van der Waals surface area contributed by atoms with E-state index >= 15 is 0 Å². The van der Waals surface area contributed by atoms with Crippen molar-refractivity contribution in [3.05, 3.63) is 72.3 Å². The van der Waals surface area contributed by atoms with E-state index in [2.05, 4.69) is 49.9 Å². The van der Waals surface area contributed by atoms with Crippen molar-refractivity contribution in [2.24, 2.45) is 0 Å². The summed E-state index contributed by atoms with van der Waals surface area (Å²) in [6, 6.07) is 18.5. The van der Waals surface area contributed by atoms with E-state index in [-0.39, 0.29) is 0 Å². The van der Waals surface area contributed by atoms with Gasteiger partial charge in [-0.1, -0.05) is 56.0 Å². The lowest BCUT2D eigenvalue weighted by Gasteiger charge is -2.15. The van der Waals surface area contributed by atoms with Gasteiger partial charge in [-0.25, -0.2) is 0 Å². The lowest BCUT2D eigenvalue weighted by Crippen LogP contribution is -1.96. The van der Waals surface area contributed by atoms with Gasteiger partial charge in [0.05, 0.1) is 7.11 Å². The number of rotatable bonds is 4. The molecule has 2 aromatic carbocycles. The van der Waals surface area contributed by atoms with Gasteiger partial charge in [0.25, 0.3) is 0 Å². The van der Waals surface area contributed by atoms with Crippen LogP contribution in [0.4, 0.5) is 0 Å². The third-order valence-electron chi connectivity index (χ3n) is 3.28. The molecular formula is C17H18O. The first-order valence-corrected chi connectivity index (χ1v) is 6.10. The third-order valence-corrected chi connectivity index (χ3v) is 3.28. The van der Waals surface area contributed by atoms with Crippen LogP contribution < -0.4 is 4.74 Å². The molecule has 0 heterocycles. The van der Waals surface area contributed by atoms with Gasteiger partial charge < -0.3 is 4.74 Å². The summed E-state index contributed by atoms with van der Waals surface area (Å²) in [6.45, 7) is 6.40. The Bertz CT molecular complexity index is 511. The predicted molar refractivity (Wildman–Crippen MR) is 76.9 cm³/mol. The molecular weight excluding hydrogens is 220 g/mol. The van der Waals surface area contributed by atoms with E-state index in [0.29, 0.717) is 5.92 Å². The van der Waals surface area contributed by atoms with E-state index in [0.717, 1.165) is 16.9 Å². The summed E-state index contributed by atoms with van der Waals surface area (Å²) in [6.07, 6.45) is 0. The Morgan fingerprint density at radius 3 is 2.17 bits per heavy atom. The normalized spacial score (nSPS) is 11.9. The zero-order valence-electron chi connectivity index (χ0n) is 10.9. The van der Waals surface area contributed by atoms with Crippen LogP contribution in [-0.2, 0) is 0 Å². The van der Waals surface area contributed by atoms with Gasteiger partial charge in [0, 0.05) is 5.92 Å². The maximum atomic E-state index is 5.16. The van der Waals surface area contributed by atoms with E-state index < -0.39 is 0 Å². The Morgan fingerprint density at radius 2 is 1.61 bits per heavy atom. The molecule has 0 amide bonds. The Balaban J connectivity index is 2.20. The molecule has 2 aromatic rings. The number of benzene rings is 2. The summed E-state index contributed by atoms with van der Waals surface area (Å²) < 4.78 is 5.16. The molecule has 0 bridgehead atoms. The lowest BCUT2D eigenvalue weighted by atomic mass is 9.89. The highest BCUT2D eigenvalue weighted by atomic mass is 16.5. The first-order chi connectivity index (χ1) is 8.72. The van der Waals surface area contributed by atoms with Crippen molar-refractivity contribution in [2.75, 3.05) is 7.11 Å². The minimum atomic E-state index is 0.319. The van der Waals surface area contributed by atoms with Crippen molar-refractivity contribution < 1.29 is 4.74 Å². The van der Waals surface area contributed by atoms with Gasteiger partial charge in [0.1, 0.15) is 5.75 Å². The second kappa shape index (κ2) is 5.54. The van der Waals surface area contributed by atoms with Gasteiger partial charge in [-0.2, -0.15) is 0 Å². The van der Waals surface area contributed by atoms with Crippen LogP contribution in [-0.4, -0.2) is 7.11 Å². The Kier molecular flexibility index (Phi) is 3.83. The average molecular weight is 238 g/mol. The summed E-state index contributed by atoms with van der Waals surface area (Å²) in [7, 11) is 1.68. The molecule has 0 saturated carbocycles. The van der Waals surface area contributed by atoms with Crippen LogP contribution >= 0.6 is 0 Å². The van der Waals surface area contributed by atoms with Crippen molar-refractivity contribution in [3.8, 4) is 5.75 Å². The summed E-state index contributed by atoms with van der Waals surface area (Å²) in [5, 5.41) is 0. The van der Waals surface area contributed by atoms with E-state index in [1.165, 1.54) is 5.56 Å². The molecule has 18 heavy (non-hydrogen) atoms. The van der Waals surface area contributed by atoms with E-state index in [9.17, 15) is 0 Å². The van der Waals surface area contributed by atoms with Crippen molar-refractivity contribution >= 4 is 5.57 Å². The molecule has 0 radical (unpaired) electrons. The zero-order valence-corrected chi connectivity index (χ0v) is 10.9. The molecule has 1 atom stereocenters. The number of hydrogen-bond acceptors (Lipinski definition) is 1. The molecule has 0 spiro atoms. The molecule has 0 fully saturated rings. The predicted octanol–water partition coefficient (Wildman–Crippen LogP) is 4.51. The largest absolute Gasteiger partial charge is 0.497 e.